The van der Waals surface area contributed by atoms with E-state index in [0.29, 0.717) is 37.6 Å². The van der Waals surface area contributed by atoms with Crippen LogP contribution in [0.15, 0.2) is 30.5 Å². The van der Waals surface area contributed by atoms with Gasteiger partial charge in [0.05, 0.1) is 35.1 Å². The maximum Gasteiger partial charge on any atom is 0.345 e. The second-order valence-corrected chi connectivity index (χ2v) is 7.66. The van der Waals surface area contributed by atoms with Crippen molar-refractivity contribution in [3.05, 3.63) is 35.3 Å². The smallest absolute Gasteiger partial charge is 0.345 e. The molecule has 3 aromatic heterocycles. The van der Waals surface area contributed by atoms with E-state index in [0.717, 1.165) is 27.0 Å². The van der Waals surface area contributed by atoms with Gasteiger partial charge in [-0.2, -0.15) is 5.10 Å². The number of anilines is 1. The third-order valence-electron chi connectivity index (χ3n) is 4.91. The highest BCUT2D eigenvalue weighted by Gasteiger charge is 2.22. The van der Waals surface area contributed by atoms with E-state index < -0.39 is 5.97 Å². The Balaban J connectivity index is 1.76. The normalized spacial score (nSPS) is 14.8. The maximum absolute atomic E-state index is 11.5. The molecule has 1 aromatic carbocycles. The summed E-state index contributed by atoms with van der Waals surface area (Å²) >= 11 is 1.21. The van der Waals surface area contributed by atoms with Crippen molar-refractivity contribution in [3.63, 3.8) is 0 Å². The maximum atomic E-state index is 11.5. The second kappa shape index (κ2) is 6.54. The van der Waals surface area contributed by atoms with Gasteiger partial charge in [-0.05, 0) is 12.1 Å². The quantitative estimate of drug-likeness (QED) is 0.570. The van der Waals surface area contributed by atoms with Crippen LogP contribution in [0.1, 0.15) is 9.67 Å². The monoisotopic (exact) mass is 395 g/mol. The van der Waals surface area contributed by atoms with Crippen molar-refractivity contribution in [1.82, 2.24) is 19.7 Å². The van der Waals surface area contributed by atoms with Gasteiger partial charge in [0.15, 0.2) is 11.6 Å². The molecule has 1 aliphatic rings. The molecule has 0 atom stereocenters. The zero-order valence-electron chi connectivity index (χ0n) is 15.1. The summed E-state index contributed by atoms with van der Waals surface area (Å²) in [5.74, 6) is 0.385. The fourth-order valence-corrected chi connectivity index (χ4v) is 4.46. The number of nitrogens with zero attached hydrogens (tertiary/aromatic N) is 5. The van der Waals surface area contributed by atoms with Gasteiger partial charge in [-0.3, -0.25) is 4.68 Å². The number of rotatable bonds is 3. The Morgan fingerprint density at radius 1 is 1.25 bits per heavy atom. The number of ether oxygens (including phenoxy) is 1. The lowest BCUT2D eigenvalue weighted by molar-refractivity contribution is 0.0702. The molecule has 0 spiro atoms. The standard InChI is InChI=1S/C19H17N5O3S/c1-23-14-4-2-3-11(12(14)10-20-23)17-21-13-9-15(19(25)26)28-16(13)18(22-17)24-5-7-27-8-6-24/h2-4,9-10H,5-8H2,1H3,(H,25,26). The number of aromatic carboxylic acids is 1. The van der Waals surface area contributed by atoms with Crippen molar-refractivity contribution in [2.45, 2.75) is 0 Å². The number of carboxylic acids is 1. The summed E-state index contributed by atoms with van der Waals surface area (Å²) in [6, 6.07) is 7.55. The number of carbonyl (C=O) groups is 1. The molecular weight excluding hydrogens is 378 g/mol. The molecule has 1 saturated heterocycles. The van der Waals surface area contributed by atoms with Crippen LogP contribution >= 0.6 is 11.3 Å². The van der Waals surface area contributed by atoms with Crippen LogP contribution in [-0.4, -0.2) is 57.1 Å². The zero-order chi connectivity index (χ0) is 19.3. The number of hydrogen-bond donors (Lipinski definition) is 1. The van der Waals surface area contributed by atoms with Crippen LogP contribution in [0.4, 0.5) is 5.82 Å². The third-order valence-corrected chi connectivity index (χ3v) is 6.02. The number of hydrogen-bond acceptors (Lipinski definition) is 7. The number of thiophene rings is 1. The molecule has 0 aliphatic carbocycles. The molecule has 0 unspecified atom stereocenters. The highest BCUT2D eigenvalue weighted by atomic mass is 32.1. The molecule has 1 fully saturated rings. The summed E-state index contributed by atoms with van der Waals surface area (Å²) in [4.78, 5) is 23.5. The summed E-state index contributed by atoms with van der Waals surface area (Å²) < 4.78 is 8.07. The molecular formula is C19H17N5O3S. The highest BCUT2D eigenvalue weighted by molar-refractivity contribution is 7.21. The average Bonchev–Trinajstić information content (AvgIpc) is 3.32. The SMILES string of the molecule is Cn1ncc2c(-c3nc(N4CCOCC4)c4sc(C(=O)O)cc4n3)cccc21. The van der Waals surface area contributed by atoms with Crippen molar-refractivity contribution < 1.29 is 14.6 Å². The van der Waals surface area contributed by atoms with E-state index in [4.69, 9.17) is 14.7 Å². The van der Waals surface area contributed by atoms with Crippen molar-refractivity contribution in [3.8, 4) is 11.4 Å². The van der Waals surface area contributed by atoms with Crippen molar-refractivity contribution in [2.24, 2.45) is 7.05 Å². The van der Waals surface area contributed by atoms with E-state index in [2.05, 4.69) is 10.00 Å². The van der Waals surface area contributed by atoms with Crippen LogP contribution < -0.4 is 4.90 Å². The fraction of sp³-hybridized carbons (Fsp3) is 0.263. The number of fused-ring (bicyclic) bond motifs is 2. The van der Waals surface area contributed by atoms with Crippen molar-refractivity contribution in [2.75, 3.05) is 31.2 Å². The molecule has 0 amide bonds. The number of benzene rings is 1. The first-order chi connectivity index (χ1) is 13.6. The molecule has 1 N–H and O–H groups in total. The second-order valence-electron chi connectivity index (χ2n) is 6.61. The Kier molecular flexibility index (Phi) is 3.99. The third kappa shape index (κ3) is 2.71. The Bertz CT molecular complexity index is 1210. The van der Waals surface area contributed by atoms with E-state index in [1.807, 2.05) is 36.1 Å². The molecule has 9 heteroatoms. The largest absolute Gasteiger partial charge is 0.477 e. The molecule has 142 valence electrons. The summed E-state index contributed by atoms with van der Waals surface area (Å²) in [5.41, 5.74) is 2.52. The molecule has 0 bridgehead atoms. The van der Waals surface area contributed by atoms with E-state index >= 15 is 0 Å². The first kappa shape index (κ1) is 17.1. The van der Waals surface area contributed by atoms with E-state index in [1.54, 1.807) is 6.07 Å². The van der Waals surface area contributed by atoms with Gasteiger partial charge in [-0.15, -0.1) is 11.3 Å². The van der Waals surface area contributed by atoms with Gasteiger partial charge < -0.3 is 14.7 Å². The fourth-order valence-electron chi connectivity index (χ4n) is 3.50. The minimum absolute atomic E-state index is 0.260. The number of carboxylic acid groups (broad SMARTS) is 1. The predicted molar refractivity (Wildman–Crippen MR) is 107 cm³/mol. The molecule has 4 aromatic rings. The summed E-state index contributed by atoms with van der Waals surface area (Å²) in [6.07, 6.45) is 1.81. The minimum Gasteiger partial charge on any atom is -0.477 e. The van der Waals surface area contributed by atoms with Gasteiger partial charge in [0.1, 0.15) is 4.88 Å². The molecule has 1 aliphatic heterocycles. The highest BCUT2D eigenvalue weighted by Crippen LogP contribution is 2.36. The van der Waals surface area contributed by atoms with Gasteiger partial charge in [0.25, 0.3) is 0 Å². The molecule has 0 saturated carbocycles. The number of aryl methyl sites for hydroxylation is 1. The Hall–Kier alpha value is -3.04. The Morgan fingerprint density at radius 3 is 2.86 bits per heavy atom. The van der Waals surface area contributed by atoms with E-state index in [9.17, 15) is 9.90 Å². The van der Waals surface area contributed by atoms with Gasteiger partial charge in [0, 0.05) is 31.1 Å². The van der Waals surface area contributed by atoms with Crippen LogP contribution in [0.2, 0.25) is 0 Å². The number of aromatic nitrogens is 4. The summed E-state index contributed by atoms with van der Waals surface area (Å²) in [6.45, 7) is 2.66. The molecule has 5 rings (SSSR count). The lowest BCUT2D eigenvalue weighted by Crippen LogP contribution is -2.36. The van der Waals surface area contributed by atoms with Crippen molar-refractivity contribution in [1.29, 1.82) is 0 Å². The van der Waals surface area contributed by atoms with Gasteiger partial charge in [-0.25, -0.2) is 14.8 Å². The first-order valence-electron chi connectivity index (χ1n) is 8.90. The first-order valence-corrected chi connectivity index (χ1v) is 9.72. The molecule has 0 radical (unpaired) electrons. The van der Waals surface area contributed by atoms with Crippen molar-refractivity contribution >= 4 is 44.2 Å². The van der Waals surface area contributed by atoms with Crippen LogP contribution in [0, 0.1) is 0 Å². The summed E-state index contributed by atoms with van der Waals surface area (Å²) in [7, 11) is 1.90. The molecule has 8 nitrogen and oxygen atoms in total. The Morgan fingerprint density at radius 2 is 2.07 bits per heavy atom. The lowest BCUT2D eigenvalue weighted by Gasteiger charge is -2.28. The molecule has 4 heterocycles. The van der Waals surface area contributed by atoms with E-state index in [1.165, 1.54) is 11.3 Å². The minimum atomic E-state index is -0.952. The van der Waals surface area contributed by atoms with Gasteiger partial charge >= 0.3 is 5.97 Å². The molecule has 28 heavy (non-hydrogen) atoms. The zero-order valence-corrected chi connectivity index (χ0v) is 15.9. The summed E-state index contributed by atoms with van der Waals surface area (Å²) in [5, 5.41) is 14.7. The average molecular weight is 395 g/mol. The van der Waals surface area contributed by atoms with E-state index in [-0.39, 0.29) is 4.88 Å². The van der Waals surface area contributed by atoms with Gasteiger partial charge in [0.2, 0.25) is 0 Å². The topological polar surface area (TPSA) is 93.4 Å². The van der Waals surface area contributed by atoms with Gasteiger partial charge in [-0.1, -0.05) is 12.1 Å². The van der Waals surface area contributed by atoms with Crippen LogP contribution in [-0.2, 0) is 11.8 Å². The lowest BCUT2D eigenvalue weighted by atomic mass is 10.1. The van der Waals surface area contributed by atoms with Crippen LogP contribution in [0.25, 0.3) is 32.5 Å². The Labute approximate surface area is 164 Å². The predicted octanol–water partition coefficient (Wildman–Crippen LogP) is 2.78. The number of morpholine rings is 1. The van der Waals surface area contributed by atoms with Crippen LogP contribution in [0.5, 0.6) is 0 Å². The van der Waals surface area contributed by atoms with Crippen LogP contribution in [0.3, 0.4) is 0 Å².